The molecule has 0 spiro atoms. The highest BCUT2D eigenvalue weighted by Crippen LogP contribution is 2.10. The van der Waals surface area contributed by atoms with Crippen LogP contribution in [0.1, 0.15) is 12.5 Å². The minimum Gasteiger partial charge on any atom is -0.399 e. The Morgan fingerprint density at radius 3 is 2.57 bits per heavy atom. The van der Waals surface area contributed by atoms with E-state index < -0.39 is 0 Å². The molecule has 0 radical (unpaired) electrons. The number of nitrogens with zero attached hydrogens (tertiary/aromatic N) is 1. The summed E-state index contributed by atoms with van der Waals surface area (Å²) in [6, 6.07) is 17.3. The van der Waals surface area contributed by atoms with E-state index in [2.05, 4.69) is 10.2 Å². The molecule has 4 nitrogen and oxygen atoms in total. The first-order valence-electron chi connectivity index (χ1n) is 7.09. The zero-order valence-electron chi connectivity index (χ0n) is 12.3. The molecule has 1 amide bonds. The SMILES string of the molecule is CCN(CC(=O)Nc1ccccc1)Cc1cccc(N)c1. The average Bonchev–Trinajstić information content (AvgIpc) is 2.47. The van der Waals surface area contributed by atoms with Gasteiger partial charge in [-0.05, 0) is 36.4 Å². The summed E-state index contributed by atoms with van der Waals surface area (Å²) in [5.74, 6) is -0.00745. The molecule has 0 saturated carbocycles. The Morgan fingerprint density at radius 2 is 1.90 bits per heavy atom. The number of nitrogen functional groups attached to an aromatic ring is 1. The molecule has 0 saturated heterocycles. The highest BCUT2D eigenvalue weighted by atomic mass is 16.2. The Morgan fingerprint density at radius 1 is 1.14 bits per heavy atom. The molecule has 4 heteroatoms. The number of benzene rings is 2. The van der Waals surface area contributed by atoms with E-state index in [1.54, 1.807) is 0 Å². The van der Waals surface area contributed by atoms with Gasteiger partial charge in [-0.2, -0.15) is 0 Å². The lowest BCUT2D eigenvalue weighted by Gasteiger charge is -2.20. The first kappa shape index (κ1) is 15.1. The Bertz CT molecular complexity index is 584. The van der Waals surface area contributed by atoms with E-state index in [0.29, 0.717) is 13.1 Å². The van der Waals surface area contributed by atoms with E-state index in [1.165, 1.54) is 0 Å². The molecule has 2 aromatic rings. The van der Waals surface area contributed by atoms with E-state index in [0.717, 1.165) is 23.5 Å². The molecule has 0 aliphatic carbocycles. The molecule has 0 aliphatic heterocycles. The van der Waals surface area contributed by atoms with Gasteiger partial charge in [-0.3, -0.25) is 9.69 Å². The molecule has 0 atom stereocenters. The minimum atomic E-state index is -0.00745. The number of para-hydroxylation sites is 1. The summed E-state index contributed by atoms with van der Waals surface area (Å²) < 4.78 is 0. The van der Waals surface area contributed by atoms with Crippen molar-refractivity contribution in [1.29, 1.82) is 0 Å². The lowest BCUT2D eigenvalue weighted by Crippen LogP contribution is -2.32. The fraction of sp³-hybridized carbons (Fsp3) is 0.235. The van der Waals surface area contributed by atoms with Gasteiger partial charge in [-0.25, -0.2) is 0 Å². The van der Waals surface area contributed by atoms with E-state index in [1.807, 2.05) is 61.5 Å². The Kier molecular flexibility index (Phi) is 5.35. The summed E-state index contributed by atoms with van der Waals surface area (Å²) in [6.45, 7) is 3.92. The molecule has 0 heterocycles. The van der Waals surface area contributed by atoms with Gasteiger partial charge >= 0.3 is 0 Å². The normalized spacial score (nSPS) is 10.6. The zero-order chi connectivity index (χ0) is 15.1. The number of carbonyl (C=O) groups excluding carboxylic acids is 1. The number of nitrogens with two attached hydrogens (primary N) is 1. The Balaban J connectivity index is 1.91. The second-order valence-corrected chi connectivity index (χ2v) is 4.96. The van der Waals surface area contributed by atoms with Crippen LogP contribution in [0.25, 0.3) is 0 Å². The van der Waals surface area contributed by atoms with Gasteiger partial charge in [0.1, 0.15) is 0 Å². The maximum atomic E-state index is 12.1. The van der Waals surface area contributed by atoms with Crippen LogP contribution >= 0.6 is 0 Å². The summed E-state index contributed by atoms with van der Waals surface area (Å²) in [5, 5.41) is 2.90. The monoisotopic (exact) mass is 283 g/mol. The fourth-order valence-corrected chi connectivity index (χ4v) is 2.15. The topological polar surface area (TPSA) is 58.4 Å². The molecule has 0 aliphatic rings. The van der Waals surface area contributed by atoms with Crippen molar-refractivity contribution in [2.75, 3.05) is 24.1 Å². The summed E-state index contributed by atoms with van der Waals surface area (Å²) in [4.78, 5) is 14.1. The minimum absolute atomic E-state index is 0.00745. The van der Waals surface area contributed by atoms with Gasteiger partial charge in [-0.15, -0.1) is 0 Å². The number of likely N-dealkylation sites (N-methyl/N-ethyl adjacent to an activating group) is 1. The van der Waals surface area contributed by atoms with Crippen LogP contribution < -0.4 is 11.1 Å². The molecule has 21 heavy (non-hydrogen) atoms. The van der Waals surface area contributed by atoms with Crippen molar-refractivity contribution in [3.05, 3.63) is 60.2 Å². The number of hydrogen-bond donors (Lipinski definition) is 2. The Labute approximate surface area is 125 Å². The van der Waals surface area contributed by atoms with Crippen molar-refractivity contribution in [2.24, 2.45) is 0 Å². The molecular formula is C17H21N3O. The molecular weight excluding hydrogens is 262 g/mol. The Hall–Kier alpha value is -2.33. The predicted molar refractivity (Wildman–Crippen MR) is 86.9 cm³/mol. The molecule has 2 rings (SSSR count). The van der Waals surface area contributed by atoms with E-state index in [9.17, 15) is 4.79 Å². The van der Waals surface area contributed by atoms with Crippen LogP contribution in [-0.2, 0) is 11.3 Å². The quantitative estimate of drug-likeness (QED) is 0.801. The van der Waals surface area contributed by atoms with Gasteiger partial charge in [0.25, 0.3) is 0 Å². The number of nitrogens with one attached hydrogen (secondary N) is 1. The van der Waals surface area contributed by atoms with Gasteiger partial charge in [0.2, 0.25) is 5.91 Å². The smallest absolute Gasteiger partial charge is 0.238 e. The second kappa shape index (κ2) is 7.45. The molecule has 3 N–H and O–H groups in total. The molecule has 110 valence electrons. The van der Waals surface area contributed by atoms with Gasteiger partial charge < -0.3 is 11.1 Å². The molecule has 0 unspecified atom stereocenters. The first-order valence-corrected chi connectivity index (χ1v) is 7.09. The summed E-state index contributed by atoms with van der Waals surface area (Å²) in [6.07, 6.45) is 0. The number of carbonyl (C=O) groups is 1. The third-order valence-corrected chi connectivity index (χ3v) is 3.23. The van der Waals surface area contributed by atoms with Crippen LogP contribution in [0.4, 0.5) is 11.4 Å². The fourth-order valence-electron chi connectivity index (χ4n) is 2.15. The van der Waals surface area contributed by atoms with Crippen molar-refractivity contribution < 1.29 is 4.79 Å². The number of hydrogen-bond acceptors (Lipinski definition) is 3. The van der Waals surface area contributed by atoms with Crippen LogP contribution in [0, 0.1) is 0 Å². The molecule has 0 bridgehead atoms. The van der Waals surface area contributed by atoms with Crippen LogP contribution in [0.2, 0.25) is 0 Å². The van der Waals surface area contributed by atoms with Crippen LogP contribution in [0.3, 0.4) is 0 Å². The van der Waals surface area contributed by atoms with E-state index >= 15 is 0 Å². The zero-order valence-corrected chi connectivity index (χ0v) is 12.3. The summed E-state index contributed by atoms with van der Waals surface area (Å²) in [7, 11) is 0. The van der Waals surface area contributed by atoms with Crippen molar-refractivity contribution >= 4 is 17.3 Å². The average molecular weight is 283 g/mol. The molecule has 0 fully saturated rings. The van der Waals surface area contributed by atoms with Crippen molar-refractivity contribution in [3.63, 3.8) is 0 Å². The highest BCUT2D eigenvalue weighted by Gasteiger charge is 2.10. The van der Waals surface area contributed by atoms with Crippen LogP contribution in [-0.4, -0.2) is 23.9 Å². The van der Waals surface area contributed by atoms with Gasteiger partial charge in [0.05, 0.1) is 6.54 Å². The van der Waals surface area contributed by atoms with Crippen molar-refractivity contribution in [2.45, 2.75) is 13.5 Å². The number of amides is 1. The highest BCUT2D eigenvalue weighted by molar-refractivity contribution is 5.92. The molecule has 0 aromatic heterocycles. The van der Waals surface area contributed by atoms with Gasteiger partial charge in [0, 0.05) is 17.9 Å². The largest absolute Gasteiger partial charge is 0.399 e. The number of anilines is 2. The van der Waals surface area contributed by atoms with Gasteiger partial charge in [-0.1, -0.05) is 37.3 Å². The van der Waals surface area contributed by atoms with Crippen molar-refractivity contribution in [1.82, 2.24) is 4.90 Å². The number of rotatable bonds is 6. The second-order valence-electron chi connectivity index (χ2n) is 4.96. The van der Waals surface area contributed by atoms with E-state index in [4.69, 9.17) is 5.73 Å². The first-order chi connectivity index (χ1) is 10.2. The molecule has 2 aromatic carbocycles. The summed E-state index contributed by atoms with van der Waals surface area (Å²) in [5.41, 5.74) is 8.47. The van der Waals surface area contributed by atoms with Crippen LogP contribution in [0.5, 0.6) is 0 Å². The lowest BCUT2D eigenvalue weighted by atomic mass is 10.2. The standard InChI is InChI=1S/C17H21N3O/c1-2-20(12-14-7-6-8-15(18)11-14)13-17(21)19-16-9-4-3-5-10-16/h3-11H,2,12-13,18H2,1H3,(H,19,21). The van der Waals surface area contributed by atoms with Crippen molar-refractivity contribution in [3.8, 4) is 0 Å². The maximum absolute atomic E-state index is 12.1. The summed E-state index contributed by atoms with van der Waals surface area (Å²) >= 11 is 0. The maximum Gasteiger partial charge on any atom is 0.238 e. The third kappa shape index (κ3) is 4.93. The van der Waals surface area contributed by atoms with Crippen LogP contribution in [0.15, 0.2) is 54.6 Å². The van der Waals surface area contributed by atoms with Gasteiger partial charge in [0.15, 0.2) is 0 Å². The predicted octanol–water partition coefficient (Wildman–Crippen LogP) is 2.73. The lowest BCUT2D eigenvalue weighted by molar-refractivity contribution is -0.117. The third-order valence-electron chi connectivity index (χ3n) is 3.23. The van der Waals surface area contributed by atoms with E-state index in [-0.39, 0.29) is 5.91 Å².